The Labute approximate surface area is 154 Å². The van der Waals surface area contributed by atoms with Crippen molar-refractivity contribution in [3.8, 4) is 17.1 Å². The summed E-state index contributed by atoms with van der Waals surface area (Å²) in [5, 5.41) is 0. The van der Waals surface area contributed by atoms with Crippen LogP contribution in [0.5, 0.6) is 5.75 Å². The third kappa shape index (κ3) is 4.12. The van der Waals surface area contributed by atoms with Crippen molar-refractivity contribution in [2.45, 2.75) is 47.0 Å². The summed E-state index contributed by atoms with van der Waals surface area (Å²) >= 11 is 0. The molecule has 0 saturated heterocycles. The van der Waals surface area contributed by atoms with Crippen LogP contribution in [0.1, 0.15) is 45.4 Å². The highest BCUT2D eigenvalue weighted by atomic mass is 16.5. The second kappa shape index (κ2) is 9.17. The number of H-pyrrole nitrogens is 1. The zero-order chi connectivity index (χ0) is 19.1. The van der Waals surface area contributed by atoms with E-state index >= 15 is 0 Å². The average Bonchev–Trinajstić information content (AvgIpc) is 2.67. The molecule has 0 aliphatic carbocycles. The Bertz CT molecular complexity index is 814. The van der Waals surface area contributed by atoms with Gasteiger partial charge in [-0.05, 0) is 44.4 Å². The van der Waals surface area contributed by atoms with Gasteiger partial charge in [-0.25, -0.2) is 4.98 Å². The molecule has 0 atom stereocenters. The molecule has 6 nitrogen and oxygen atoms in total. The summed E-state index contributed by atoms with van der Waals surface area (Å²) < 4.78 is 5.83. The van der Waals surface area contributed by atoms with Crippen LogP contribution in [-0.2, 0) is 17.6 Å². The van der Waals surface area contributed by atoms with Crippen molar-refractivity contribution < 1.29 is 9.53 Å². The quantitative estimate of drug-likeness (QED) is 0.700. The zero-order valence-electron chi connectivity index (χ0n) is 15.9. The van der Waals surface area contributed by atoms with Gasteiger partial charge in [0.2, 0.25) is 0 Å². The molecular formula is C20H26N3O3. The first-order valence-electron chi connectivity index (χ1n) is 9.14. The Kier molecular flexibility index (Phi) is 6.95. The number of aromatic nitrogens is 2. The Hall–Kier alpha value is -2.63. The van der Waals surface area contributed by atoms with E-state index in [1.807, 2.05) is 46.2 Å². The van der Waals surface area contributed by atoms with Gasteiger partial charge in [0, 0.05) is 17.8 Å². The van der Waals surface area contributed by atoms with Crippen LogP contribution in [-0.4, -0.2) is 29.5 Å². The number of nitrogens with zero attached hydrogens (tertiary/aromatic N) is 2. The van der Waals surface area contributed by atoms with Crippen LogP contribution in [0.15, 0.2) is 23.0 Å². The molecule has 1 radical (unpaired) electrons. The smallest absolute Gasteiger partial charge is 0.316 e. The number of hydrogen-bond acceptors (Lipinski definition) is 4. The third-order valence-corrected chi connectivity index (χ3v) is 4.21. The number of nitrogens with one attached hydrogen (secondary N) is 1. The van der Waals surface area contributed by atoms with E-state index in [0.29, 0.717) is 54.4 Å². The zero-order valence-corrected chi connectivity index (χ0v) is 15.9. The van der Waals surface area contributed by atoms with E-state index in [9.17, 15) is 9.59 Å². The number of aromatic amines is 1. The van der Waals surface area contributed by atoms with Crippen molar-refractivity contribution >= 4 is 12.1 Å². The minimum atomic E-state index is -0.129. The first kappa shape index (κ1) is 19.7. The second-order valence-electron chi connectivity index (χ2n) is 5.91. The highest BCUT2D eigenvalue weighted by Gasteiger charge is 2.16. The fourth-order valence-electron chi connectivity index (χ4n) is 2.84. The summed E-state index contributed by atoms with van der Waals surface area (Å²) in [4.78, 5) is 32.6. The summed E-state index contributed by atoms with van der Waals surface area (Å²) in [5.41, 5.74) is 2.71. The van der Waals surface area contributed by atoms with Crippen molar-refractivity contribution in [1.29, 1.82) is 0 Å². The van der Waals surface area contributed by atoms with E-state index in [1.165, 1.54) is 4.90 Å². The van der Waals surface area contributed by atoms with E-state index in [0.717, 1.165) is 12.1 Å². The van der Waals surface area contributed by atoms with Crippen LogP contribution in [0.2, 0.25) is 0 Å². The van der Waals surface area contributed by atoms with Gasteiger partial charge >= 0.3 is 6.41 Å². The van der Waals surface area contributed by atoms with Gasteiger partial charge in [0.25, 0.3) is 5.56 Å². The Morgan fingerprint density at radius 3 is 2.54 bits per heavy atom. The maximum absolute atomic E-state index is 12.5. The molecule has 1 aromatic carbocycles. The number of aryl methyl sites for hydroxylation is 1. The molecule has 1 heterocycles. The summed E-state index contributed by atoms with van der Waals surface area (Å²) in [6.07, 6.45) is 4.08. The van der Waals surface area contributed by atoms with Gasteiger partial charge in [-0.3, -0.25) is 9.59 Å². The van der Waals surface area contributed by atoms with Crippen molar-refractivity contribution in [1.82, 2.24) is 9.97 Å². The fourth-order valence-corrected chi connectivity index (χ4v) is 2.84. The van der Waals surface area contributed by atoms with Crippen LogP contribution < -0.4 is 15.2 Å². The van der Waals surface area contributed by atoms with Crippen molar-refractivity contribution in [3.63, 3.8) is 0 Å². The Morgan fingerprint density at radius 1 is 1.19 bits per heavy atom. The maximum atomic E-state index is 12.5. The third-order valence-electron chi connectivity index (χ3n) is 4.21. The van der Waals surface area contributed by atoms with Crippen LogP contribution in [0, 0.1) is 0 Å². The molecule has 6 heteroatoms. The topological polar surface area (TPSA) is 75.3 Å². The van der Waals surface area contributed by atoms with Crippen molar-refractivity contribution in [2.75, 3.05) is 18.1 Å². The molecule has 0 spiro atoms. The molecule has 0 aliphatic heterocycles. The van der Waals surface area contributed by atoms with Gasteiger partial charge in [-0.2, -0.15) is 0 Å². The molecule has 1 N–H and O–H groups in total. The highest BCUT2D eigenvalue weighted by Crippen LogP contribution is 2.32. The first-order chi connectivity index (χ1) is 12.6. The van der Waals surface area contributed by atoms with Crippen LogP contribution >= 0.6 is 0 Å². The molecule has 1 aromatic heterocycles. The molecule has 0 unspecified atom stereocenters. The number of benzene rings is 1. The maximum Gasteiger partial charge on any atom is 0.316 e. The summed E-state index contributed by atoms with van der Waals surface area (Å²) in [5.74, 6) is 1.09. The summed E-state index contributed by atoms with van der Waals surface area (Å²) in [7, 11) is 0. The Morgan fingerprint density at radius 2 is 1.96 bits per heavy atom. The summed E-state index contributed by atoms with van der Waals surface area (Å²) in [6, 6.07) is 5.42. The standard InChI is InChI=1S/C20H26N3O3/c1-5-11-26-18-10-9-14(23(8-4)13-24)12-16(18)19-21-17(7-3)15(6-2)20(25)22-19/h9-10,12H,5-8,11H2,1-4H3,(H,21,22,25). The highest BCUT2D eigenvalue weighted by molar-refractivity contribution is 5.80. The lowest BCUT2D eigenvalue weighted by Crippen LogP contribution is -2.20. The lowest BCUT2D eigenvalue weighted by atomic mass is 10.1. The first-order valence-corrected chi connectivity index (χ1v) is 9.14. The van der Waals surface area contributed by atoms with Crippen LogP contribution in [0.3, 0.4) is 0 Å². The molecule has 2 aromatic rings. The predicted octanol–water partition coefficient (Wildman–Crippen LogP) is 3.24. The molecule has 2 rings (SSSR count). The van der Waals surface area contributed by atoms with Crippen molar-refractivity contribution in [3.05, 3.63) is 39.8 Å². The number of rotatable bonds is 9. The van der Waals surface area contributed by atoms with Gasteiger partial charge in [0.15, 0.2) is 0 Å². The monoisotopic (exact) mass is 356 g/mol. The fraction of sp³-hybridized carbons (Fsp3) is 0.450. The minimum Gasteiger partial charge on any atom is -0.493 e. The van der Waals surface area contributed by atoms with Gasteiger partial charge in [0.05, 0.1) is 17.9 Å². The van der Waals surface area contributed by atoms with Gasteiger partial charge in [0.1, 0.15) is 11.6 Å². The lowest BCUT2D eigenvalue weighted by Gasteiger charge is -2.18. The van der Waals surface area contributed by atoms with E-state index in [4.69, 9.17) is 4.74 Å². The van der Waals surface area contributed by atoms with Gasteiger partial charge in [-0.15, -0.1) is 0 Å². The largest absolute Gasteiger partial charge is 0.493 e. The SMILES string of the molecule is CCCOc1ccc(N([C]=O)CC)cc1-c1nc(CC)c(CC)c(=O)[nH]1. The normalized spacial score (nSPS) is 10.6. The second-order valence-corrected chi connectivity index (χ2v) is 5.91. The molecule has 139 valence electrons. The van der Waals surface area contributed by atoms with Crippen molar-refractivity contribution in [2.24, 2.45) is 0 Å². The van der Waals surface area contributed by atoms with E-state index < -0.39 is 0 Å². The molecule has 1 amide bonds. The summed E-state index contributed by atoms with van der Waals surface area (Å²) in [6.45, 7) is 8.88. The number of hydrogen-bond donors (Lipinski definition) is 1. The van der Waals surface area contributed by atoms with E-state index in [2.05, 4.69) is 9.97 Å². The average molecular weight is 356 g/mol. The van der Waals surface area contributed by atoms with Crippen LogP contribution in [0.4, 0.5) is 5.69 Å². The predicted molar refractivity (Wildman–Crippen MR) is 104 cm³/mol. The lowest BCUT2D eigenvalue weighted by molar-refractivity contribution is 0.318. The van der Waals surface area contributed by atoms with E-state index in [-0.39, 0.29) is 5.56 Å². The number of ether oxygens (including phenoxy) is 1. The van der Waals surface area contributed by atoms with Gasteiger partial charge in [-0.1, -0.05) is 20.8 Å². The Balaban J connectivity index is 2.64. The number of anilines is 1. The minimum absolute atomic E-state index is 0.129. The van der Waals surface area contributed by atoms with Crippen LogP contribution in [0.25, 0.3) is 11.4 Å². The van der Waals surface area contributed by atoms with E-state index in [1.54, 1.807) is 6.07 Å². The van der Waals surface area contributed by atoms with Gasteiger partial charge < -0.3 is 14.6 Å². The molecule has 0 saturated carbocycles. The molecule has 26 heavy (non-hydrogen) atoms. The number of amides is 1. The molecule has 0 bridgehead atoms. The number of carbonyl (C=O) groups excluding carboxylic acids is 1. The molecule has 0 aliphatic rings. The molecule has 0 fully saturated rings. The molecular weight excluding hydrogens is 330 g/mol.